The van der Waals surface area contributed by atoms with Crippen molar-refractivity contribution in [2.75, 3.05) is 6.61 Å². The third kappa shape index (κ3) is 5.57. The second-order valence-corrected chi connectivity index (χ2v) is 6.07. The second kappa shape index (κ2) is 9.16. The maximum absolute atomic E-state index is 12.0. The van der Waals surface area contributed by atoms with Crippen LogP contribution in [0.1, 0.15) is 31.9 Å². The van der Waals surface area contributed by atoms with E-state index >= 15 is 0 Å². The highest BCUT2D eigenvalue weighted by Gasteiger charge is 2.13. The summed E-state index contributed by atoms with van der Waals surface area (Å²) in [6, 6.07) is 5.65. The van der Waals surface area contributed by atoms with Crippen LogP contribution in [0.2, 0.25) is 0 Å². The van der Waals surface area contributed by atoms with Crippen molar-refractivity contribution in [1.82, 2.24) is 5.32 Å². The zero-order chi connectivity index (χ0) is 17.4. The normalized spacial score (nSPS) is 11.0. The van der Waals surface area contributed by atoms with Gasteiger partial charge in [0.2, 0.25) is 0 Å². The number of halogens is 1. The number of nitrogens with zero attached hydrogens (tertiary/aromatic N) is 1. The number of amides is 1. The van der Waals surface area contributed by atoms with E-state index in [1.165, 1.54) is 0 Å². The highest BCUT2D eigenvalue weighted by Crippen LogP contribution is 2.32. The number of hydrogen-bond acceptors (Lipinski definition) is 3. The molecule has 0 bridgehead atoms. The van der Waals surface area contributed by atoms with E-state index in [1.807, 2.05) is 39.0 Å². The molecule has 0 saturated heterocycles. The number of nitriles is 1. The van der Waals surface area contributed by atoms with Crippen molar-refractivity contribution >= 4 is 27.9 Å². The molecule has 0 unspecified atom stereocenters. The third-order valence-electron chi connectivity index (χ3n) is 2.89. The van der Waals surface area contributed by atoms with Crippen LogP contribution in [0.5, 0.6) is 5.75 Å². The van der Waals surface area contributed by atoms with E-state index in [2.05, 4.69) is 27.8 Å². The van der Waals surface area contributed by atoms with Crippen LogP contribution in [0.3, 0.4) is 0 Å². The molecule has 0 aromatic heterocycles. The Morgan fingerprint density at radius 3 is 2.74 bits per heavy atom. The minimum absolute atomic E-state index is 0.0253. The van der Waals surface area contributed by atoms with Crippen LogP contribution in [-0.2, 0) is 11.2 Å². The van der Waals surface area contributed by atoms with Crippen LogP contribution in [-0.4, -0.2) is 18.6 Å². The highest BCUT2D eigenvalue weighted by molar-refractivity contribution is 9.10. The number of hydrogen-bond donors (Lipinski definition) is 1. The summed E-state index contributed by atoms with van der Waals surface area (Å²) in [6.45, 7) is 9.92. The van der Waals surface area contributed by atoms with Gasteiger partial charge in [-0.2, -0.15) is 5.26 Å². The summed E-state index contributed by atoms with van der Waals surface area (Å²) in [5, 5.41) is 11.9. The van der Waals surface area contributed by atoms with Gasteiger partial charge in [0.15, 0.2) is 0 Å². The van der Waals surface area contributed by atoms with E-state index in [0.29, 0.717) is 13.0 Å². The molecular weight excluding hydrogens is 356 g/mol. The second-order valence-electron chi connectivity index (χ2n) is 5.21. The quantitative estimate of drug-likeness (QED) is 0.444. The third-order valence-corrected chi connectivity index (χ3v) is 3.48. The number of nitrogens with one attached hydrogen (secondary N) is 1. The average molecular weight is 377 g/mol. The Balaban J connectivity index is 3.26. The van der Waals surface area contributed by atoms with Crippen LogP contribution in [0.15, 0.2) is 34.8 Å². The molecule has 4 nitrogen and oxygen atoms in total. The summed E-state index contributed by atoms with van der Waals surface area (Å²) in [6.07, 6.45) is 3.99. The van der Waals surface area contributed by atoms with Crippen LogP contribution >= 0.6 is 15.9 Å². The first-order valence-corrected chi connectivity index (χ1v) is 8.21. The van der Waals surface area contributed by atoms with Crippen LogP contribution in [0.4, 0.5) is 0 Å². The van der Waals surface area contributed by atoms with E-state index in [-0.39, 0.29) is 17.5 Å². The average Bonchev–Trinajstić information content (AvgIpc) is 2.47. The Morgan fingerprint density at radius 1 is 1.52 bits per heavy atom. The first-order valence-electron chi connectivity index (χ1n) is 7.41. The molecule has 1 rings (SSSR count). The minimum Gasteiger partial charge on any atom is -0.492 e. The van der Waals surface area contributed by atoms with Gasteiger partial charge in [-0.15, -0.1) is 6.58 Å². The first kappa shape index (κ1) is 19.0. The van der Waals surface area contributed by atoms with Gasteiger partial charge in [-0.1, -0.05) is 6.08 Å². The maximum atomic E-state index is 12.0. The number of allylic oxidation sites excluding steroid dienone is 1. The molecule has 5 heteroatoms. The highest BCUT2D eigenvalue weighted by atomic mass is 79.9. The van der Waals surface area contributed by atoms with Gasteiger partial charge in [0.25, 0.3) is 5.91 Å². The molecule has 1 N–H and O–H groups in total. The van der Waals surface area contributed by atoms with Gasteiger partial charge in [0, 0.05) is 6.04 Å². The van der Waals surface area contributed by atoms with E-state index in [9.17, 15) is 10.1 Å². The molecule has 0 aliphatic rings. The lowest BCUT2D eigenvalue weighted by Gasteiger charge is -2.13. The van der Waals surface area contributed by atoms with E-state index < -0.39 is 0 Å². The zero-order valence-electron chi connectivity index (χ0n) is 13.6. The molecule has 0 atom stereocenters. The summed E-state index contributed by atoms with van der Waals surface area (Å²) >= 11 is 3.49. The van der Waals surface area contributed by atoms with Crippen molar-refractivity contribution < 1.29 is 9.53 Å². The smallest absolute Gasteiger partial charge is 0.262 e. The zero-order valence-corrected chi connectivity index (χ0v) is 15.2. The molecule has 1 aromatic rings. The molecule has 0 saturated carbocycles. The molecule has 0 fully saturated rings. The number of ether oxygens (including phenoxy) is 1. The van der Waals surface area contributed by atoms with Gasteiger partial charge in [-0.3, -0.25) is 4.79 Å². The Kier molecular flexibility index (Phi) is 7.56. The molecular formula is C18H21BrN2O2. The number of carbonyl (C=O) groups is 1. The monoisotopic (exact) mass is 376 g/mol. The van der Waals surface area contributed by atoms with Gasteiger partial charge in [0.05, 0.1) is 11.1 Å². The van der Waals surface area contributed by atoms with Crippen LogP contribution < -0.4 is 10.1 Å². The Hall–Kier alpha value is -2.06. The summed E-state index contributed by atoms with van der Waals surface area (Å²) in [7, 11) is 0. The van der Waals surface area contributed by atoms with Crippen molar-refractivity contribution in [3.05, 3.63) is 46.0 Å². The van der Waals surface area contributed by atoms with Gasteiger partial charge >= 0.3 is 0 Å². The van der Waals surface area contributed by atoms with Crippen LogP contribution in [0, 0.1) is 11.3 Å². The lowest BCUT2D eigenvalue weighted by molar-refractivity contribution is -0.117. The molecule has 0 spiro atoms. The summed E-state index contributed by atoms with van der Waals surface area (Å²) in [4.78, 5) is 12.0. The predicted octanol–water partition coefficient (Wildman–Crippen LogP) is 4.01. The molecule has 0 heterocycles. The van der Waals surface area contributed by atoms with E-state index in [0.717, 1.165) is 21.3 Å². The molecule has 0 radical (unpaired) electrons. The Bertz CT molecular complexity index is 658. The largest absolute Gasteiger partial charge is 0.492 e. The standard InChI is InChI=1S/C18H21BrN2O2/c1-5-7-14-8-13(10-16(19)17(14)23-6-2)9-15(11-20)18(22)21-12(3)4/h5,8-10,12H,1,6-7H2,2-4H3,(H,21,22)/b15-9-. The fraction of sp³-hybridized carbons (Fsp3) is 0.333. The van der Waals surface area contributed by atoms with Crippen molar-refractivity contribution in [3.8, 4) is 11.8 Å². The van der Waals surface area contributed by atoms with Crippen LogP contribution in [0.25, 0.3) is 6.08 Å². The summed E-state index contributed by atoms with van der Waals surface area (Å²) < 4.78 is 6.43. The predicted molar refractivity (Wildman–Crippen MR) is 96.1 cm³/mol. The fourth-order valence-corrected chi connectivity index (χ4v) is 2.66. The van der Waals surface area contributed by atoms with Gasteiger partial charge in [-0.05, 0) is 72.5 Å². The maximum Gasteiger partial charge on any atom is 0.262 e. The molecule has 1 amide bonds. The fourth-order valence-electron chi connectivity index (χ4n) is 2.03. The van der Waals surface area contributed by atoms with E-state index in [1.54, 1.807) is 12.2 Å². The number of rotatable bonds is 7. The van der Waals surface area contributed by atoms with Gasteiger partial charge in [0.1, 0.15) is 17.4 Å². The van der Waals surface area contributed by atoms with Crippen molar-refractivity contribution in [2.45, 2.75) is 33.2 Å². The molecule has 0 aliphatic heterocycles. The molecule has 1 aromatic carbocycles. The topological polar surface area (TPSA) is 62.1 Å². The first-order chi connectivity index (χ1) is 10.9. The van der Waals surface area contributed by atoms with Crippen molar-refractivity contribution in [3.63, 3.8) is 0 Å². The van der Waals surface area contributed by atoms with Crippen molar-refractivity contribution in [1.29, 1.82) is 5.26 Å². The Morgan fingerprint density at radius 2 is 2.22 bits per heavy atom. The Labute approximate surface area is 146 Å². The molecule has 0 aliphatic carbocycles. The van der Waals surface area contributed by atoms with Gasteiger partial charge in [-0.25, -0.2) is 0 Å². The lowest BCUT2D eigenvalue weighted by atomic mass is 10.0. The van der Waals surface area contributed by atoms with Gasteiger partial charge < -0.3 is 10.1 Å². The SMILES string of the molecule is C=CCc1cc(/C=C(/C#N)C(=O)NC(C)C)cc(Br)c1OCC. The molecule has 122 valence electrons. The van der Waals surface area contributed by atoms with Crippen molar-refractivity contribution in [2.24, 2.45) is 0 Å². The number of carbonyl (C=O) groups excluding carboxylic acids is 1. The summed E-state index contributed by atoms with van der Waals surface area (Å²) in [5.41, 5.74) is 1.77. The minimum atomic E-state index is -0.377. The molecule has 23 heavy (non-hydrogen) atoms. The number of benzene rings is 1. The lowest BCUT2D eigenvalue weighted by Crippen LogP contribution is -2.30. The van der Waals surface area contributed by atoms with E-state index in [4.69, 9.17) is 4.74 Å². The summed E-state index contributed by atoms with van der Waals surface area (Å²) in [5.74, 6) is 0.382.